The van der Waals surface area contributed by atoms with Gasteiger partial charge in [0.2, 0.25) is 0 Å². The molecular weight excluding hydrogens is 250 g/mol. The number of nitrogens with two attached hydrogens (primary N) is 1. The van der Waals surface area contributed by atoms with Crippen LogP contribution in [0.5, 0.6) is 0 Å². The molecule has 1 aliphatic carbocycles. The van der Waals surface area contributed by atoms with Crippen molar-refractivity contribution in [3.8, 4) is 0 Å². The van der Waals surface area contributed by atoms with E-state index in [0.29, 0.717) is 17.9 Å². The zero-order valence-corrected chi connectivity index (χ0v) is 11.1. The predicted octanol–water partition coefficient (Wildman–Crippen LogP) is 3.54. The molecule has 0 aromatic heterocycles. The van der Waals surface area contributed by atoms with Gasteiger partial charge in [-0.3, -0.25) is 0 Å². The summed E-state index contributed by atoms with van der Waals surface area (Å²) in [5.41, 5.74) is 7.79. The Kier molecular flexibility index (Phi) is 2.68. The zero-order chi connectivity index (χ0) is 11.2. The predicted molar refractivity (Wildman–Crippen MR) is 67.8 cm³/mol. The topological polar surface area (TPSA) is 26.0 Å². The minimum Gasteiger partial charge on any atom is -0.327 e. The van der Waals surface area contributed by atoms with E-state index in [1.165, 1.54) is 5.56 Å². The summed E-state index contributed by atoms with van der Waals surface area (Å²) in [6, 6.07) is 8.97. The van der Waals surface area contributed by atoms with E-state index >= 15 is 0 Å². The van der Waals surface area contributed by atoms with Gasteiger partial charge in [0.25, 0.3) is 0 Å². The van der Waals surface area contributed by atoms with Gasteiger partial charge in [-0.2, -0.15) is 0 Å². The molecule has 2 heteroatoms. The largest absolute Gasteiger partial charge is 0.327 e. The van der Waals surface area contributed by atoms with Gasteiger partial charge in [-0.25, -0.2) is 0 Å². The Morgan fingerprint density at radius 2 is 1.73 bits per heavy atom. The van der Waals surface area contributed by atoms with Crippen molar-refractivity contribution >= 4 is 15.9 Å². The van der Waals surface area contributed by atoms with Gasteiger partial charge in [0.15, 0.2) is 0 Å². The molecule has 1 aliphatic rings. The van der Waals surface area contributed by atoms with Crippen LogP contribution in [0.2, 0.25) is 0 Å². The SMILES string of the molecule is CC1C(N)C(C)(C)C1c1ccc(Br)cc1. The number of halogens is 1. The van der Waals surface area contributed by atoms with Gasteiger partial charge < -0.3 is 5.73 Å². The van der Waals surface area contributed by atoms with Gasteiger partial charge in [-0.15, -0.1) is 0 Å². The molecule has 82 valence electrons. The highest BCUT2D eigenvalue weighted by Gasteiger charge is 2.52. The summed E-state index contributed by atoms with van der Waals surface area (Å²) in [7, 11) is 0. The van der Waals surface area contributed by atoms with E-state index in [9.17, 15) is 0 Å². The molecule has 0 radical (unpaired) electrons. The highest BCUT2D eigenvalue weighted by atomic mass is 79.9. The maximum Gasteiger partial charge on any atom is 0.0175 e. The fraction of sp³-hybridized carbons (Fsp3) is 0.538. The molecule has 0 heterocycles. The van der Waals surface area contributed by atoms with Crippen LogP contribution in [0.15, 0.2) is 28.7 Å². The molecule has 2 rings (SSSR count). The van der Waals surface area contributed by atoms with Crippen LogP contribution in [0.1, 0.15) is 32.3 Å². The minimum absolute atomic E-state index is 0.229. The van der Waals surface area contributed by atoms with Crippen LogP contribution >= 0.6 is 15.9 Å². The molecule has 1 fully saturated rings. The van der Waals surface area contributed by atoms with Gasteiger partial charge in [0, 0.05) is 10.5 Å². The lowest BCUT2D eigenvalue weighted by Gasteiger charge is -2.56. The van der Waals surface area contributed by atoms with Crippen molar-refractivity contribution < 1.29 is 0 Å². The summed E-state index contributed by atoms with van der Waals surface area (Å²) in [4.78, 5) is 0. The maximum atomic E-state index is 6.15. The van der Waals surface area contributed by atoms with Crippen LogP contribution in [0, 0.1) is 11.3 Å². The minimum atomic E-state index is 0.229. The number of rotatable bonds is 1. The van der Waals surface area contributed by atoms with Crippen molar-refractivity contribution in [3.05, 3.63) is 34.3 Å². The van der Waals surface area contributed by atoms with Crippen LogP contribution < -0.4 is 5.73 Å². The lowest BCUT2D eigenvalue weighted by Crippen LogP contribution is -2.59. The van der Waals surface area contributed by atoms with Crippen LogP contribution in [0.3, 0.4) is 0 Å². The van der Waals surface area contributed by atoms with E-state index in [1.807, 2.05) is 0 Å². The average molecular weight is 268 g/mol. The van der Waals surface area contributed by atoms with Crippen LogP contribution in [0.4, 0.5) is 0 Å². The fourth-order valence-corrected chi connectivity index (χ4v) is 3.32. The van der Waals surface area contributed by atoms with Crippen LogP contribution in [0.25, 0.3) is 0 Å². The Hall–Kier alpha value is -0.340. The molecule has 1 aromatic carbocycles. The van der Waals surface area contributed by atoms with E-state index < -0.39 is 0 Å². The standard InChI is InChI=1S/C13H18BrN/c1-8-11(13(2,3)12(8)15)9-4-6-10(14)7-5-9/h4-8,11-12H,15H2,1-3H3. The number of benzene rings is 1. The first-order valence-electron chi connectivity index (χ1n) is 5.45. The fourth-order valence-electron chi connectivity index (χ4n) is 3.05. The highest BCUT2D eigenvalue weighted by molar-refractivity contribution is 9.10. The summed E-state index contributed by atoms with van der Waals surface area (Å²) in [6.07, 6.45) is 0. The van der Waals surface area contributed by atoms with E-state index in [2.05, 4.69) is 61.0 Å². The first kappa shape index (κ1) is 11.2. The van der Waals surface area contributed by atoms with Crippen molar-refractivity contribution in [2.45, 2.75) is 32.7 Å². The number of hydrogen-bond donors (Lipinski definition) is 1. The molecule has 2 N–H and O–H groups in total. The second-order valence-corrected chi connectivity index (χ2v) is 6.15. The van der Waals surface area contributed by atoms with Gasteiger partial charge in [-0.1, -0.05) is 48.8 Å². The smallest absolute Gasteiger partial charge is 0.0175 e. The number of hydrogen-bond acceptors (Lipinski definition) is 1. The van der Waals surface area contributed by atoms with Gasteiger partial charge in [0.1, 0.15) is 0 Å². The van der Waals surface area contributed by atoms with Gasteiger partial charge >= 0.3 is 0 Å². The Bertz CT molecular complexity index is 355. The summed E-state index contributed by atoms with van der Waals surface area (Å²) < 4.78 is 1.14. The molecule has 0 spiro atoms. The molecule has 0 aliphatic heterocycles. The monoisotopic (exact) mass is 267 g/mol. The molecule has 1 aromatic rings. The summed E-state index contributed by atoms with van der Waals surface area (Å²) >= 11 is 3.47. The lowest BCUT2D eigenvalue weighted by atomic mass is 9.51. The Morgan fingerprint density at radius 1 is 1.20 bits per heavy atom. The van der Waals surface area contributed by atoms with Crippen molar-refractivity contribution in [1.29, 1.82) is 0 Å². The van der Waals surface area contributed by atoms with Crippen molar-refractivity contribution in [2.75, 3.05) is 0 Å². The molecular formula is C13H18BrN. The molecule has 1 saturated carbocycles. The Balaban J connectivity index is 2.29. The third kappa shape index (κ3) is 1.64. The zero-order valence-electron chi connectivity index (χ0n) is 9.50. The summed E-state index contributed by atoms with van der Waals surface area (Å²) in [5.74, 6) is 1.18. The lowest BCUT2D eigenvalue weighted by molar-refractivity contribution is 0.0255. The third-order valence-corrected chi connectivity index (χ3v) is 4.51. The molecule has 0 bridgehead atoms. The normalized spacial score (nSPS) is 33.5. The van der Waals surface area contributed by atoms with Crippen molar-refractivity contribution in [2.24, 2.45) is 17.1 Å². The Morgan fingerprint density at radius 3 is 2.20 bits per heavy atom. The van der Waals surface area contributed by atoms with E-state index in [4.69, 9.17) is 5.73 Å². The van der Waals surface area contributed by atoms with E-state index in [-0.39, 0.29) is 5.41 Å². The van der Waals surface area contributed by atoms with Crippen LogP contribution in [-0.2, 0) is 0 Å². The molecule has 1 nitrogen and oxygen atoms in total. The third-order valence-electron chi connectivity index (χ3n) is 3.98. The van der Waals surface area contributed by atoms with Gasteiger partial charge in [-0.05, 0) is 34.9 Å². The second-order valence-electron chi connectivity index (χ2n) is 5.24. The van der Waals surface area contributed by atoms with E-state index in [0.717, 1.165) is 4.47 Å². The Labute approximate surface area is 100 Å². The first-order chi connectivity index (χ1) is 6.94. The summed E-state index contributed by atoms with van der Waals surface area (Å²) in [5, 5.41) is 0. The van der Waals surface area contributed by atoms with Gasteiger partial charge in [0.05, 0.1) is 0 Å². The van der Waals surface area contributed by atoms with Crippen LogP contribution in [-0.4, -0.2) is 6.04 Å². The molecule has 0 saturated heterocycles. The molecule has 3 atom stereocenters. The summed E-state index contributed by atoms with van der Waals surface area (Å²) in [6.45, 7) is 6.79. The quantitative estimate of drug-likeness (QED) is 0.828. The average Bonchev–Trinajstić information content (AvgIpc) is 2.20. The molecule has 0 amide bonds. The highest BCUT2D eigenvalue weighted by Crippen LogP contribution is 2.55. The second kappa shape index (κ2) is 3.60. The van der Waals surface area contributed by atoms with E-state index in [1.54, 1.807) is 0 Å². The van der Waals surface area contributed by atoms with Crippen molar-refractivity contribution in [3.63, 3.8) is 0 Å². The van der Waals surface area contributed by atoms with Crippen molar-refractivity contribution in [1.82, 2.24) is 0 Å². The molecule has 15 heavy (non-hydrogen) atoms. The molecule has 3 unspecified atom stereocenters. The first-order valence-corrected chi connectivity index (χ1v) is 6.25. The maximum absolute atomic E-state index is 6.15.